The van der Waals surface area contributed by atoms with Crippen molar-refractivity contribution in [2.45, 2.75) is 45.4 Å². The minimum atomic E-state index is -0.112. The summed E-state index contributed by atoms with van der Waals surface area (Å²) in [6.45, 7) is 10.1. The van der Waals surface area contributed by atoms with Gasteiger partial charge < -0.3 is 9.26 Å². The molecule has 7 heteroatoms. The molecule has 2 aromatic heterocycles. The van der Waals surface area contributed by atoms with Crippen LogP contribution in [0.2, 0.25) is 0 Å². The second kappa shape index (κ2) is 6.18. The molecule has 0 aromatic carbocycles. The van der Waals surface area contributed by atoms with Crippen LogP contribution in [0, 0.1) is 0 Å². The molecule has 0 radical (unpaired) electrons. The third-order valence-corrected chi connectivity index (χ3v) is 3.65. The molecule has 1 saturated heterocycles. The van der Waals surface area contributed by atoms with Crippen LogP contribution in [0.1, 0.15) is 32.5 Å². The zero-order valence-corrected chi connectivity index (χ0v) is 13.4. The number of ether oxygens (including phenoxy) is 1. The van der Waals surface area contributed by atoms with Gasteiger partial charge in [0.25, 0.3) is 0 Å². The van der Waals surface area contributed by atoms with E-state index in [1.54, 1.807) is 6.20 Å². The SMILES string of the molecule is CC(C)(C)c1nc(CN2CCO[C@H](Cn3cccn3)C2)no1. The van der Waals surface area contributed by atoms with Crippen molar-refractivity contribution in [3.63, 3.8) is 0 Å². The Labute approximate surface area is 130 Å². The summed E-state index contributed by atoms with van der Waals surface area (Å²) < 4.78 is 13.1. The lowest BCUT2D eigenvalue weighted by molar-refractivity contribution is -0.0410. The number of aromatic nitrogens is 4. The van der Waals surface area contributed by atoms with Crippen molar-refractivity contribution in [2.75, 3.05) is 19.7 Å². The Kier molecular flexibility index (Phi) is 4.26. The van der Waals surface area contributed by atoms with Gasteiger partial charge in [-0.25, -0.2) is 0 Å². The predicted molar refractivity (Wildman–Crippen MR) is 80.2 cm³/mol. The maximum Gasteiger partial charge on any atom is 0.232 e. The van der Waals surface area contributed by atoms with Gasteiger partial charge in [-0.3, -0.25) is 9.58 Å². The molecule has 0 amide bonds. The van der Waals surface area contributed by atoms with E-state index in [2.05, 4.69) is 40.9 Å². The van der Waals surface area contributed by atoms with Gasteiger partial charge in [0.2, 0.25) is 5.89 Å². The smallest absolute Gasteiger partial charge is 0.232 e. The molecule has 0 N–H and O–H groups in total. The lowest BCUT2D eigenvalue weighted by atomic mass is 9.97. The summed E-state index contributed by atoms with van der Waals surface area (Å²) >= 11 is 0. The first-order valence-electron chi connectivity index (χ1n) is 7.65. The monoisotopic (exact) mass is 305 g/mol. The first-order chi connectivity index (χ1) is 10.5. The fraction of sp³-hybridized carbons (Fsp3) is 0.667. The first-order valence-corrected chi connectivity index (χ1v) is 7.65. The van der Waals surface area contributed by atoms with Crippen molar-refractivity contribution in [3.8, 4) is 0 Å². The number of nitrogens with zero attached hydrogens (tertiary/aromatic N) is 5. The second-order valence-corrected chi connectivity index (χ2v) is 6.72. The van der Waals surface area contributed by atoms with E-state index < -0.39 is 0 Å². The molecule has 7 nitrogen and oxygen atoms in total. The summed E-state index contributed by atoms with van der Waals surface area (Å²) in [5, 5.41) is 8.32. The molecule has 3 heterocycles. The summed E-state index contributed by atoms with van der Waals surface area (Å²) in [7, 11) is 0. The van der Waals surface area contributed by atoms with E-state index in [0.717, 1.165) is 32.1 Å². The Morgan fingerprint density at radius 2 is 2.23 bits per heavy atom. The molecule has 0 bridgehead atoms. The van der Waals surface area contributed by atoms with E-state index in [9.17, 15) is 0 Å². The first kappa shape index (κ1) is 15.2. The maximum atomic E-state index is 5.81. The molecule has 1 aliphatic heterocycles. The average molecular weight is 305 g/mol. The van der Waals surface area contributed by atoms with Gasteiger partial charge in [-0.1, -0.05) is 25.9 Å². The largest absolute Gasteiger partial charge is 0.374 e. The third kappa shape index (κ3) is 3.72. The van der Waals surface area contributed by atoms with Crippen molar-refractivity contribution in [3.05, 3.63) is 30.2 Å². The number of morpholine rings is 1. The number of hydrogen-bond donors (Lipinski definition) is 0. The van der Waals surface area contributed by atoms with E-state index in [-0.39, 0.29) is 11.5 Å². The summed E-state index contributed by atoms with van der Waals surface area (Å²) in [5.74, 6) is 1.42. The molecule has 0 unspecified atom stereocenters. The fourth-order valence-electron chi connectivity index (χ4n) is 2.47. The zero-order valence-electron chi connectivity index (χ0n) is 13.4. The molecular formula is C15H23N5O2. The predicted octanol–water partition coefficient (Wildman–Crippen LogP) is 1.46. The lowest BCUT2D eigenvalue weighted by Gasteiger charge is -2.32. The number of hydrogen-bond acceptors (Lipinski definition) is 6. The van der Waals surface area contributed by atoms with E-state index in [1.165, 1.54) is 0 Å². The summed E-state index contributed by atoms with van der Waals surface area (Å²) in [4.78, 5) is 6.80. The van der Waals surface area contributed by atoms with Crippen molar-refractivity contribution < 1.29 is 9.26 Å². The summed E-state index contributed by atoms with van der Waals surface area (Å²) in [5.41, 5.74) is -0.112. The van der Waals surface area contributed by atoms with E-state index in [0.29, 0.717) is 12.4 Å². The van der Waals surface area contributed by atoms with Crippen molar-refractivity contribution >= 4 is 0 Å². The van der Waals surface area contributed by atoms with E-state index >= 15 is 0 Å². The topological polar surface area (TPSA) is 69.2 Å². The van der Waals surface area contributed by atoms with Gasteiger partial charge in [-0.2, -0.15) is 10.1 Å². The Balaban J connectivity index is 1.57. The standard InChI is InChI=1S/C15H23N5O2/c1-15(2,3)14-17-13(18-22-14)11-19-7-8-21-12(9-19)10-20-6-4-5-16-20/h4-6,12H,7-11H2,1-3H3/t12-/m0/s1. The Bertz CT molecular complexity index is 587. The normalized spacial score (nSPS) is 20.4. The highest BCUT2D eigenvalue weighted by molar-refractivity contribution is 4.98. The molecule has 120 valence electrons. The van der Waals surface area contributed by atoms with Gasteiger partial charge in [0.15, 0.2) is 5.82 Å². The summed E-state index contributed by atoms with van der Waals surface area (Å²) in [6, 6.07) is 1.92. The fourth-order valence-corrected chi connectivity index (χ4v) is 2.47. The quantitative estimate of drug-likeness (QED) is 0.852. The molecule has 0 spiro atoms. The molecule has 0 saturated carbocycles. The third-order valence-electron chi connectivity index (χ3n) is 3.65. The van der Waals surface area contributed by atoms with Crippen LogP contribution in [0.15, 0.2) is 23.0 Å². The summed E-state index contributed by atoms with van der Waals surface area (Å²) in [6.07, 6.45) is 3.88. The molecule has 1 atom stereocenters. The maximum absolute atomic E-state index is 5.81. The highest BCUT2D eigenvalue weighted by Gasteiger charge is 2.25. The van der Waals surface area contributed by atoms with Crippen LogP contribution in [-0.4, -0.2) is 50.6 Å². The minimum Gasteiger partial charge on any atom is -0.374 e. The molecule has 1 aliphatic rings. The van der Waals surface area contributed by atoms with Gasteiger partial charge in [-0.15, -0.1) is 0 Å². The molecule has 1 fully saturated rings. The van der Waals surface area contributed by atoms with E-state index in [4.69, 9.17) is 9.26 Å². The van der Waals surface area contributed by atoms with Gasteiger partial charge in [0.05, 0.1) is 25.8 Å². The van der Waals surface area contributed by atoms with E-state index in [1.807, 2.05) is 16.9 Å². The van der Waals surface area contributed by atoms with Crippen LogP contribution in [0.5, 0.6) is 0 Å². The van der Waals surface area contributed by atoms with Crippen molar-refractivity contribution in [1.29, 1.82) is 0 Å². The molecule has 22 heavy (non-hydrogen) atoms. The van der Waals surface area contributed by atoms with Crippen LogP contribution in [0.3, 0.4) is 0 Å². The van der Waals surface area contributed by atoms with Gasteiger partial charge >= 0.3 is 0 Å². The highest BCUT2D eigenvalue weighted by atomic mass is 16.5. The number of rotatable bonds is 4. The van der Waals surface area contributed by atoms with Gasteiger partial charge in [0, 0.05) is 30.9 Å². The Morgan fingerprint density at radius 3 is 2.91 bits per heavy atom. The minimum absolute atomic E-state index is 0.112. The van der Waals surface area contributed by atoms with Crippen LogP contribution in [0.25, 0.3) is 0 Å². The van der Waals surface area contributed by atoms with Crippen LogP contribution < -0.4 is 0 Å². The van der Waals surface area contributed by atoms with Crippen LogP contribution >= 0.6 is 0 Å². The Morgan fingerprint density at radius 1 is 1.36 bits per heavy atom. The molecule has 3 rings (SSSR count). The van der Waals surface area contributed by atoms with Gasteiger partial charge in [0.1, 0.15) is 0 Å². The molecule has 0 aliphatic carbocycles. The lowest BCUT2D eigenvalue weighted by Crippen LogP contribution is -2.43. The van der Waals surface area contributed by atoms with Gasteiger partial charge in [-0.05, 0) is 6.07 Å². The van der Waals surface area contributed by atoms with Crippen LogP contribution in [0.4, 0.5) is 0 Å². The van der Waals surface area contributed by atoms with Crippen molar-refractivity contribution in [2.24, 2.45) is 0 Å². The molecule has 2 aromatic rings. The van der Waals surface area contributed by atoms with Crippen molar-refractivity contribution in [1.82, 2.24) is 24.8 Å². The molecular weight excluding hydrogens is 282 g/mol. The average Bonchev–Trinajstić information content (AvgIpc) is 3.10. The van der Waals surface area contributed by atoms with Crippen LogP contribution in [-0.2, 0) is 23.2 Å². The zero-order chi connectivity index (χ0) is 15.6. The highest BCUT2D eigenvalue weighted by Crippen LogP contribution is 2.20. The Hall–Kier alpha value is -1.73. The second-order valence-electron chi connectivity index (χ2n) is 6.72.